The standard InChI is InChI=1S/C12H25N3O2/c1-6-9(3)8-15(7-2)11(16)12(4,5)10(13)14-17/h9,17H,6-8H2,1-5H3,(H2,13,14). The summed E-state index contributed by atoms with van der Waals surface area (Å²) in [5.41, 5.74) is 4.60. The van der Waals surface area contributed by atoms with Crippen LogP contribution in [-0.2, 0) is 4.79 Å². The minimum Gasteiger partial charge on any atom is -0.409 e. The van der Waals surface area contributed by atoms with Crippen molar-refractivity contribution in [1.29, 1.82) is 0 Å². The van der Waals surface area contributed by atoms with E-state index >= 15 is 0 Å². The molecule has 100 valence electrons. The second-order valence-corrected chi connectivity index (χ2v) is 4.97. The maximum absolute atomic E-state index is 12.3. The average molecular weight is 243 g/mol. The lowest BCUT2D eigenvalue weighted by molar-refractivity contribution is -0.137. The number of nitrogens with zero attached hydrogens (tertiary/aromatic N) is 2. The van der Waals surface area contributed by atoms with Gasteiger partial charge in [-0.2, -0.15) is 0 Å². The van der Waals surface area contributed by atoms with Crippen LogP contribution in [0.25, 0.3) is 0 Å². The lowest BCUT2D eigenvalue weighted by Gasteiger charge is -2.31. The third-order valence-corrected chi connectivity index (χ3v) is 3.18. The summed E-state index contributed by atoms with van der Waals surface area (Å²) in [7, 11) is 0. The number of hydrogen-bond donors (Lipinski definition) is 2. The van der Waals surface area contributed by atoms with Gasteiger partial charge in [-0.25, -0.2) is 0 Å². The highest BCUT2D eigenvalue weighted by Crippen LogP contribution is 2.20. The minimum absolute atomic E-state index is 0.0508. The Morgan fingerprint density at radius 3 is 2.35 bits per heavy atom. The maximum atomic E-state index is 12.3. The van der Waals surface area contributed by atoms with Gasteiger partial charge in [0.15, 0.2) is 5.84 Å². The fraction of sp³-hybridized carbons (Fsp3) is 0.833. The van der Waals surface area contributed by atoms with E-state index in [0.717, 1.165) is 6.42 Å². The number of rotatable bonds is 6. The minimum atomic E-state index is -0.960. The van der Waals surface area contributed by atoms with Gasteiger partial charge >= 0.3 is 0 Å². The molecule has 0 spiro atoms. The summed E-state index contributed by atoms with van der Waals surface area (Å²) in [4.78, 5) is 14.1. The molecular formula is C12H25N3O2. The number of amides is 1. The lowest BCUT2D eigenvalue weighted by Crippen LogP contribution is -2.49. The number of amidine groups is 1. The first-order chi connectivity index (χ1) is 7.81. The molecule has 5 nitrogen and oxygen atoms in total. The molecular weight excluding hydrogens is 218 g/mol. The summed E-state index contributed by atoms with van der Waals surface area (Å²) in [5, 5.41) is 11.6. The zero-order valence-electron chi connectivity index (χ0n) is 11.5. The van der Waals surface area contributed by atoms with Crippen LogP contribution in [0.3, 0.4) is 0 Å². The van der Waals surface area contributed by atoms with Gasteiger partial charge in [-0.05, 0) is 26.7 Å². The third kappa shape index (κ3) is 3.91. The molecule has 0 aliphatic rings. The molecule has 1 unspecified atom stereocenters. The number of carbonyl (C=O) groups is 1. The predicted octanol–water partition coefficient (Wildman–Crippen LogP) is 1.65. The van der Waals surface area contributed by atoms with Crippen LogP contribution >= 0.6 is 0 Å². The molecule has 5 heteroatoms. The van der Waals surface area contributed by atoms with Crippen LogP contribution in [-0.4, -0.2) is 34.9 Å². The van der Waals surface area contributed by atoms with Gasteiger partial charge in [0.2, 0.25) is 5.91 Å². The van der Waals surface area contributed by atoms with Crippen LogP contribution < -0.4 is 5.73 Å². The number of oxime groups is 1. The Kier molecular flexibility index (Phi) is 5.99. The molecule has 0 aromatic carbocycles. The quantitative estimate of drug-likeness (QED) is 0.322. The van der Waals surface area contributed by atoms with E-state index in [2.05, 4.69) is 19.0 Å². The van der Waals surface area contributed by atoms with E-state index in [-0.39, 0.29) is 11.7 Å². The van der Waals surface area contributed by atoms with Gasteiger partial charge in [0.1, 0.15) is 5.41 Å². The first-order valence-electron chi connectivity index (χ1n) is 6.08. The van der Waals surface area contributed by atoms with Crippen molar-refractivity contribution in [3.63, 3.8) is 0 Å². The van der Waals surface area contributed by atoms with Crippen LogP contribution in [0.5, 0.6) is 0 Å². The van der Waals surface area contributed by atoms with Gasteiger partial charge in [-0.3, -0.25) is 4.79 Å². The summed E-state index contributed by atoms with van der Waals surface area (Å²) >= 11 is 0. The SMILES string of the molecule is CCC(C)CN(CC)C(=O)C(C)(C)C(N)=NO. The second-order valence-electron chi connectivity index (χ2n) is 4.97. The Hall–Kier alpha value is -1.26. The molecule has 0 bridgehead atoms. The fourth-order valence-electron chi connectivity index (χ4n) is 1.49. The Labute approximate surface area is 104 Å². The van der Waals surface area contributed by atoms with Crippen molar-refractivity contribution in [3.8, 4) is 0 Å². The molecule has 0 aromatic heterocycles. The second kappa shape index (κ2) is 6.47. The van der Waals surface area contributed by atoms with Gasteiger partial charge < -0.3 is 15.8 Å². The smallest absolute Gasteiger partial charge is 0.235 e. The molecule has 3 N–H and O–H groups in total. The first-order valence-corrected chi connectivity index (χ1v) is 6.08. The summed E-state index contributed by atoms with van der Waals surface area (Å²) in [5.74, 6) is 0.294. The number of hydrogen-bond acceptors (Lipinski definition) is 3. The molecule has 0 rings (SSSR count). The highest BCUT2D eigenvalue weighted by molar-refractivity contribution is 6.05. The van der Waals surface area contributed by atoms with E-state index in [9.17, 15) is 4.79 Å². The number of nitrogens with two attached hydrogens (primary N) is 1. The van der Waals surface area contributed by atoms with Crippen molar-refractivity contribution >= 4 is 11.7 Å². The monoisotopic (exact) mass is 243 g/mol. The average Bonchev–Trinajstić information content (AvgIpc) is 2.33. The molecule has 0 saturated carbocycles. The normalized spacial score (nSPS) is 14.5. The molecule has 0 saturated heterocycles. The molecule has 17 heavy (non-hydrogen) atoms. The Bertz CT molecular complexity index is 287. The van der Waals surface area contributed by atoms with E-state index in [4.69, 9.17) is 10.9 Å². The summed E-state index contributed by atoms with van der Waals surface area (Å²) in [6, 6.07) is 0. The lowest BCUT2D eigenvalue weighted by atomic mass is 9.89. The van der Waals surface area contributed by atoms with Crippen molar-refractivity contribution in [2.75, 3.05) is 13.1 Å². The van der Waals surface area contributed by atoms with E-state index in [0.29, 0.717) is 19.0 Å². The van der Waals surface area contributed by atoms with Gasteiger partial charge in [0.05, 0.1) is 0 Å². The van der Waals surface area contributed by atoms with Crippen molar-refractivity contribution in [3.05, 3.63) is 0 Å². The van der Waals surface area contributed by atoms with Gasteiger partial charge in [-0.15, -0.1) is 0 Å². The highest BCUT2D eigenvalue weighted by Gasteiger charge is 2.36. The summed E-state index contributed by atoms with van der Waals surface area (Å²) < 4.78 is 0. The number of carbonyl (C=O) groups excluding carboxylic acids is 1. The molecule has 0 aromatic rings. The molecule has 0 fully saturated rings. The molecule has 1 amide bonds. The van der Waals surface area contributed by atoms with Gasteiger partial charge in [0.25, 0.3) is 0 Å². The Morgan fingerprint density at radius 2 is 2.00 bits per heavy atom. The van der Waals surface area contributed by atoms with Crippen molar-refractivity contribution < 1.29 is 10.0 Å². The van der Waals surface area contributed by atoms with Gasteiger partial charge in [-0.1, -0.05) is 25.4 Å². The molecule has 0 radical (unpaired) electrons. The fourth-order valence-corrected chi connectivity index (χ4v) is 1.49. The van der Waals surface area contributed by atoms with E-state index in [1.165, 1.54) is 0 Å². The van der Waals surface area contributed by atoms with E-state index < -0.39 is 5.41 Å². The van der Waals surface area contributed by atoms with Crippen molar-refractivity contribution in [2.24, 2.45) is 22.2 Å². The Morgan fingerprint density at radius 1 is 1.47 bits per heavy atom. The Balaban J connectivity index is 4.86. The van der Waals surface area contributed by atoms with E-state index in [1.807, 2.05) is 6.92 Å². The highest BCUT2D eigenvalue weighted by atomic mass is 16.4. The van der Waals surface area contributed by atoms with Crippen LogP contribution in [0.15, 0.2) is 5.16 Å². The van der Waals surface area contributed by atoms with Crippen molar-refractivity contribution in [2.45, 2.75) is 41.0 Å². The first kappa shape index (κ1) is 15.7. The maximum Gasteiger partial charge on any atom is 0.235 e. The predicted molar refractivity (Wildman–Crippen MR) is 68.9 cm³/mol. The third-order valence-electron chi connectivity index (χ3n) is 3.18. The zero-order valence-corrected chi connectivity index (χ0v) is 11.5. The topological polar surface area (TPSA) is 78.9 Å². The van der Waals surface area contributed by atoms with E-state index in [1.54, 1.807) is 18.7 Å². The van der Waals surface area contributed by atoms with Crippen LogP contribution in [0, 0.1) is 11.3 Å². The van der Waals surface area contributed by atoms with Crippen molar-refractivity contribution in [1.82, 2.24) is 4.90 Å². The summed E-state index contributed by atoms with van der Waals surface area (Å²) in [6.45, 7) is 10.8. The largest absolute Gasteiger partial charge is 0.409 e. The molecule has 0 aliphatic heterocycles. The van der Waals surface area contributed by atoms with Crippen LogP contribution in [0.2, 0.25) is 0 Å². The zero-order chi connectivity index (χ0) is 13.6. The van der Waals surface area contributed by atoms with Gasteiger partial charge in [0, 0.05) is 13.1 Å². The van der Waals surface area contributed by atoms with Crippen LogP contribution in [0.4, 0.5) is 0 Å². The molecule has 1 atom stereocenters. The van der Waals surface area contributed by atoms with Crippen LogP contribution in [0.1, 0.15) is 41.0 Å². The molecule has 0 heterocycles. The summed E-state index contributed by atoms with van der Waals surface area (Å²) in [6.07, 6.45) is 1.02. The molecule has 0 aliphatic carbocycles.